The molecule has 0 aliphatic heterocycles. The van der Waals surface area contributed by atoms with Crippen LogP contribution in [0.4, 0.5) is 13.2 Å². The lowest BCUT2D eigenvalue weighted by atomic mass is 10.2. The summed E-state index contributed by atoms with van der Waals surface area (Å²) < 4.78 is 37.5. The lowest BCUT2D eigenvalue weighted by molar-refractivity contribution is -0.154. The van der Waals surface area contributed by atoms with Crippen molar-refractivity contribution < 1.29 is 23.1 Å². The molecule has 1 rings (SSSR count). The fraction of sp³-hybridized carbons (Fsp3) is 0.400. The van der Waals surface area contributed by atoms with Crippen molar-refractivity contribution >= 4 is 21.9 Å². The van der Waals surface area contributed by atoms with Gasteiger partial charge in [-0.15, -0.1) is 0 Å². The van der Waals surface area contributed by atoms with Crippen molar-refractivity contribution in [3.63, 3.8) is 0 Å². The van der Waals surface area contributed by atoms with Crippen LogP contribution in [0.5, 0.6) is 0 Å². The molecule has 100 valence electrons. The van der Waals surface area contributed by atoms with Gasteiger partial charge in [-0.1, -0.05) is 0 Å². The van der Waals surface area contributed by atoms with E-state index in [2.05, 4.69) is 20.9 Å². The average Bonchev–Trinajstić information content (AvgIpc) is 2.12. The summed E-state index contributed by atoms with van der Waals surface area (Å²) in [7, 11) is 0. The molecule has 0 bridgehead atoms. The van der Waals surface area contributed by atoms with E-state index in [0.717, 1.165) is 4.90 Å². The van der Waals surface area contributed by atoms with Crippen molar-refractivity contribution in [2.75, 3.05) is 13.1 Å². The molecule has 1 N–H and O–H groups in total. The van der Waals surface area contributed by atoms with Crippen LogP contribution in [0.1, 0.15) is 5.56 Å². The molecule has 1 heterocycles. The molecule has 0 saturated carbocycles. The Labute approximate surface area is 110 Å². The first-order valence-corrected chi connectivity index (χ1v) is 5.66. The predicted molar refractivity (Wildman–Crippen MR) is 60.9 cm³/mol. The molecule has 0 fully saturated rings. The van der Waals surface area contributed by atoms with Crippen molar-refractivity contribution in [1.82, 2.24) is 9.88 Å². The van der Waals surface area contributed by atoms with Gasteiger partial charge in [-0.2, -0.15) is 13.2 Å². The van der Waals surface area contributed by atoms with Gasteiger partial charge < -0.3 is 5.11 Å². The number of carbonyl (C=O) groups is 1. The Balaban J connectivity index is 2.74. The summed E-state index contributed by atoms with van der Waals surface area (Å²) in [6.45, 7) is -2.07. The van der Waals surface area contributed by atoms with E-state index in [1.54, 1.807) is 6.07 Å². The molecule has 0 atom stereocenters. The molecule has 0 spiro atoms. The van der Waals surface area contributed by atoms with Gasteiger partial charge in [-0.05, 0) is 27.6 Å². The van der Waals surface area contributed by atoms with Crippen molar-refractivity contribution in [2.24, 2.45) is 0 Å². The maximum Gasteiger partial charge on any atom is 0.401 e. The smallest absolute Gasteiger partial charge is 0.401 e. The summed E-state index contributed by atoms with van der Waals surface area (Å²) in [5.74, 6) is -1.30. The summed E-state index contributed by atoms with van der Waals surface area (Å²) >= 11 is 3.14. The molecule has 8 heteroatoms. The molecule has 0 amide bonds. The van der Waals surface area contributed by atoms with Crippen LogP contribution in [-0.4, -0.2) is 40.2 Å². The highest BCUT2D eigenvalue weighted by molar-refractivity contribution is 9.10. The van der Waals surface area contributed by atoms with Gasteiger partial charge in [0.05, 0.1) is 13.1 Å². The number of nitrogens with zero attached hydrogens (tertiary/aromatic N) is 2. The van der Waals surface area contributed by atoms with Gasteiger partial charge >= 0.3 is 12.1 Å². The van der Waals surface area contributed by atoms with Crippen LogP contribution >= 0.6 is 15.9 Å². The molecule has 4 nitrogen and oxygen atoms in total. The monoisotopic (exact) mass is 326 g/mol. The summed E-state index contributed by atoms with van der Waals surface area (Å²) in [5.41, 5.74) is 0.509. The topological polar surface area (TPSA) is 53.4 Å². The van der Waals surface area contributed by atoms with Crippen molar-refractivity contribution in [3.8, 4) is 0 Å². The van der Waals surface area contributed by atoms with Crippen molar-refractivity contribution in [2.45, 2.75) is 12.7 Å². The van der Waals surface area contributed by atoms with Gasteiger partial charge in [0.15, 0.2) is 0 Å². The number of alkyl halides is 3. The summed E-state index contributed by atoms with van der Waals surface area (Å²) in [4.78, 5) is 15.1. The fourth-order valence-electron chi connectivity index (χ4n) is 1.41. The van der Waals surface area contributed by atoms with Gasteiger partial charge in [0, 0.05) is 23.4 Å². The zero-order valence-corrected chi connectivity index (χ0v) is 10.7. The lowest BCUT2D eigenvalue weighted by Crippen LogP contribution is -2.37. The third-order valence-electron chi connectivity index (χ3n) is 1.93. The van der Waals surface area contributed by atoms with E-state index >= 15 is 0 Å². The minimum Gasteiger partial charge on any atom is -0.480 e. The number of pyridine rings is 1. The maximum absolute atomic E-state index is 12.3. The van der Waals surface area contributed by atoms with E-state index in [0.29, 0.717) is 10.0 Å². The molecule has 0 saturated heterocycles. The van der Waals surface area contributed by atoms with Crippen LogP contribution in [0.25, 0.3) is 0 Å². The van der Waals surface area contributed by atoms with Gasteiger partial charge in [-0.25, -0.2) is 0 Å². The Morgan fingerprint density at radius 1 is 1.44 bits per heavy atom. The minimum atomic E-state index is -4.44. The first-order valence-electron chi connectivity index (χ1n) is 4.86. The molecule has 0 aromatic carbocycles. The molecule has 0 unspecified atom stereocenters. The van der Waals surface area contributed by atoms with Crippen LogP contribution in [0.2, 0.25) is 0 Å². The van der Waals surface area contributed by atoms with E-state index in [-0.39, 0.29) is 6.54 Å². The Kier molecular flexibility index (Phi) is 5.09. The Hall–Kier alpha value is -1.15. The first-order chi connectivity index (χ1) is 8.26. The quantitative estimate of drug-likeness (QED) is 0.902. The largest absolute Gasteiger partial charge is 0.480 e. The molecule has 18 heavy (non-hydrogen) atoms. The normalized spacial score (nSPS) is 11.8. The predicted octanol–water partition coefficient (Wildman–Crippen LogP) is 2.29. The Morgan fingerprint density at radius 3 is 2.61 bits per heavy atom. The number of hydrogen-bond acceptors (Lipinski definition) is 3. The number of halogens is 4. The van der Waals surface area contributed by atoms with E-state index in [4.69, 9.17) is 5.11 Å². The fourth-order valence-corrected chi connectivity index (χ4v) is 1.83. The van der Waals surface area contributed by atoms with E-state index < -0.39 is 25.2 Å². The zero-order valence-electron chi connectivity index (χ0n) is 9.12. The van der Waals surface area contributed by atoms with E-state index in [1.165, 1.54) is 12.4 Å². The molecule has 1 aromatic rings. The average molecular weight is 327 g/mol. The standard InChI is InChI=1S/C10H10BrF3N2O2/c11-8-1-7(2-15-3-8)4-16(5-9(17)18)6-10(12,13)14/h1-3H,4-6H2,(H,17,18). The van der Waals surface area contributed by atoms with Crippen molar-refractivity contribution in [1.29, 1.82) is 0 Å². The summed E-state index contributed by atoms with van der Waals surface area (Å²) in [6.07, 6.45) is -1.54. The third kappa shape index (κ3) is 5.97. The third-order valence-corrected chi connectivity index (χ3v) is 2.36. The highest BCUT2D eigenvalue weighted by atomic mass is 79.9. The number of aromatic nitrogens is 1. The number of hydrogen-bond donors (Lipinski definition) is 1. The van der Waals surface area contributed by atoms with Crippen LogP contribution < -0.4 is 0 Å². The van der Waals surface area contributed by atoms with Crippen LogP contribution in [0.3, 0.4) is 0 Å². The van der Waals surface area contributed by atoms with E-state index in [1.807, 2.05) is 0 Å². The van der Waals surface area contributed by atoms with E-state index in [9.17, 15) is 18.0 Å². The number of carboxylic acids is 1. The maximum atomic E-state index is 12.3. The Morgan fingerprint density at radius 2 is 2.11 bits per heavy atom. The molecule has 0 aliphatic rings. The SMILES string of the molecule is O=C(O)CN(Cc1cncc(Br)c1)CC(F)(F)F. The Bertz CT molecular complexity index is 426. The second-order valence-corrected chi connectivity index (χ2v) is 4.58. The number of carboxylic acid groups (broad SMARTS) is 1. The highest BCUT2D eigenvalue weighted by Crippen LogP contribution is 2.18. The molecular weight excluding hydrogens is 317 g/mol. The van der Waals surface area contributed by atoms with Gasteiger partial charge in [-0.3, -0.25) is 14.7 Å². The zero-order chi connectivity index (χ0) is 13.8. The van der Waals surface area contributed by atoms with Crippen molar-refractivity contribution in [3.05, 3.63) is 28.5 Å². The first kappa shape index (κ1) is 14.9. The lowest BCUT2D eigenvalue weighted by Gasteiger charge is -2.21. The molecule has 0 radical (unpaired) electrons. The number of rotatable bonds is 5. The molecule has 0 aliphatic carbocycles. The highest BCUT2D eigenvalue weighted by Gasteiger charge is 2.31. The molecule has 1 aromatic heterocycles. The van der Waals surface area contributed by atoms with Gasteiger partial charge in [0.25, 0.3) is 0 Å². The van der Waals surface area contributed by atoms with Gasteiger partial charge in [0.2, 0.25) is 0 Å². The summed E-state index contributed by atoms with van der Waals surface area (Å²) in [5, 5.41) is 8.58. The van der Waals surface area contributed by atoms with Crippen LogP contribution in [0, 0.1) is 0 Å². The summed E-state index contributed by atoms with van der Waals surface area (Å²) in [6, 6.07) is 1.60. The second kappa shape index (κ2) is 6.14. The molecular formula is C10H10BrF3N2O2. The van der Waals surface area contributed by atoms with Crippen LogP contribution in [-0.2, 0) is 11.3 Å². The second-order valence-electron chi connectivity index (χ2n) is 3.67. The number of aliphatic carboxylic acids is 1. The van der Waals surface area contributed by atoms with Gasteiger partial charge in [0.1, 0.15) is 0 Å². The van der Waals surface area contributed by atoms with Crippen LogP contribution in [0.15, 0.2) is 22.9 Å². The minimum absolute atomic E-state index is 0.127.